The average molecular weight is 233 g/mol. The largest absolute Gasteiger partial charge is 0.481 e. The summed E-state index contributed by atoms with van der Waals surface area (Å²) in [5, 5.41) is 0. The van der Waals surface area contributed by atoms with Crippen molar-refractivity contribution in [2.75, 3.05) is 7.11 Å². The molecule has 1 aliphatic carbocycles. The zero-order valence-electron chi connectivity index (χ0n) is 10.3. The molecule has 1 aromatic rings. The van der Waals surface area contributed by atoms with Crippen molar-refractivity contribution in [3.05, 3.63) is 23.4 Å². The summed E-state index contributed by atoms with van der Waals surface area (Å²) in [6, 6.07) is 3.81. The molecule has 0 aromatic carbocycles. The number of nitrogens with zero attached hydrogens (tertiary/aromatic N) is 1. The van der Waals surface area contributed by atoms with Gasteiger partial charge in [-0.2, -0.15) is 0 Å². The summed E-state index contributed by atoms with van der Waals surface area (Å²) >= 11 is 0. The molecule has 1 aromatic heterocycles. The highest BCUT2D eigenvalue weighted by Gasteiger charge is 2.16. The van der Waals surface area contributed by atoms with E-state index in [0.717, 1.165) is 24.2 Å². The lowest BCUT2D eigenvalue weighted by molar-refractivity contribution is 0.111. The molecular weight excluding hydrogens is 214 g/mol. The Bertz CT molecular complexity index is 384. The smallest absolute Gasteiger partial charge is 0.213 e. The molecule has 0 aliphatic heterocycles. The number of aromatic nitrogens is 1. The van der Waals surface area contributed by atoms with E-state index >= 15 is 0 Å². The van der Waals surface area contributed by atoms with Crippen LogP contribution >= 0.6 is 0 Å². The number of carbonyl (C=O) groups is 1. The summed E-state index contributed by atoms with van der Waals surface area (Å²) in [7, 11) is 1.57. The second-order valence-electron chi connectivity index (χ2n) is 4.72. The Morgan fingerprint density at radius 3 is 2.76 bits per heavy atom. The Morgan fingerprint density at radius 2 is 2.12 bits per heavy atom. The maximum Gasteiger partial charge on any atom is 0.213 e. The molecule has 92 valence electrons. The third-order valence-corrected chi connectivity index (χ3v) is 3.54. The van der Waals surface area contributed by atoms with Crippen LogP contribution in [0.4, 0.5) is 0 Å². The predicted octanol–water partition coefficient (Wildman–Crippen LogP) is 3.03. The van der Waals surface area contributed by atoms with E-state index < -0.39 is 0 Å². The fraction of sp³-hybridized carbons (Fsp3) is 0.571. The molecule has 1 heterocycles. The Morgan fingerprint density at radius 1 is 1.35 bits per heavy atom. The van der Waals surface area contributed by atoms with Crippen molar-refractivity contribution in [3.63, 3.8) is 0 Å². The lowest BCUT2D eigenvalue weighted by Crippen LogP contribution is -2.11. The van der Waals surface area contributed by atoms with Gasteiger partial charge in [-0.15, -0.1) is 0 Å². The topological polar surface area (TPSA) is 39.2 Å². The van der Waals surface area contributed by atoms with E-state index in [-0.39, 0.29) is 0 Å². The second kappa shape index (κ2) is 5.80. The van der Waals surface area contributed by atoms with E-state index in [4.69, 9.17) is 4.74 Å². The molecule has 0 spiro atoms. The monoisotopic (exact) mass is 233 g/mol. The number of ether oxygens (including phenoxy) is 1. The van der Waals surface area contributed by atoms with Gasteiger partial charge in [0.25, 0.3) is 0 Å². The first-order chi connectivity index (χ1) is 8.33. The summed E-state index contributed by atoms with van der Waals surface area (Å²) in [6.45, 7) is 0. The minimum absolute atomic E-state index is 0.513. The molecule has 0 bridgehead atoms. The molecule has 3 nitrogen and oxygen atoms in total. The highest BCUT2D eigenvalue weighted by molar-refractivity contribution is 5.74. The van der Waals surface area contributed by atoms with E-state index in [1.165, 1.54) is 32.1 Å². The van der Waals surface area contributed by atoms with E-state index in [2.05, 4.69) is 4.98 Å². The van der Waals surface area contributed by atoms with Gasteiger partial charge in [-0.3, -0.25) is 4.79 Å². The van der Waals surface area contributed by atoms with Crippen LogP contribution in [0.3, 0.4) is 0 Å². The number of pyridine rings is 1. The van der Waals surface area contributed by atoms with Gasteiger partial charge >= 0.3 is 0 Å². The number of hydrogen-bond acceptors (Lipinski definition) is 3. The predicted molar refractivity (Wildman–Crippen MR) is 66.5 cm³/mol. The molecule has 0 unspecified atom stereocenters. The van der Waals surface area contributed by atoms with Gasteiger partial charge in [0.05, 0.1) is 7.11 Å². The van der Waals surface area contributed by atoms with Crippen LogP contribution in [0.5, 0.6) is 5.88 Å². The number of carbonyl (C=O) groups excluding carboxylic acids is 1. The van der Waals surface area contributed by atoms with Crippen molar-refractivity contribution in [1.82, 2.24) is 4.98 Å². The van der Waals surface area contributed by atoms with Crippen LogP contribution in [0.15, 0.2) is 12.1 Å². The molecule has 0 N–H and O–H groups in total. The number of hydrogen-bond donors (Lipinski definition) is 0. The van der Waals surface area contributed by atoms with Crippen LogP contribution in [-0.2, 0) is 6.42 Å². The van der Waals surface area contributed by atoms with Gasteiger partial charge in [0, 0.05) is 6.07 Å². The van der Waals surface area contributed by atoms with E-state index in [0.29, 0.717) is 11.6 Å². The maximum absolute atomic E-state index is 11.0. The summed E-state index contributed by atoms with van der Waals surface area (Å²) in [5.74, 6) is 1.23. The minimum atomic E-state index is 0.513. The molecule has 1 saturated carbocycles. The Labute approximate surface area is 102 Å². The van der Waals surface area contributed by atoms with Crippen molar-refractivity contribution in [3.8, 4) is 5.88 Å². The van der Waals surface area contributed by atoms with Crippen LogP contribution in [0.1, 0.15) is 48.2 Å². The van der Waals surface area contributed by atoms with Crippen molar-refractivity contribution >= 4 is 6.29 Å². The average Bonchev–Trinajstić information content (AvgIpc) is 2.40. The maximum atomic E-state index is 11.0. The van der Waals surface area contributed by atoms with Gasteiger partial charge in [-0.25, -0.2) is 4.98 Å². The normalized spacial score (nSPS) is 16.8. The first-order valence-electron chi connectivity index (χ1n) is 6.32. The highest BCUT2D eigenvalue weighted by Crippen LogP contribution is 2.27. The molecule has 0 atom stereocenters. The third kappa shape index (κ3) is 3.05. The summed E-state index contributed by atoms with van der Waals surface area (Å²) in [5.41, 5.74) is 1.60. The molecule has 0 saturated heterocycles. The summed E-state index contributed by atoms with van der Waals surface area (Å²) < 4.78 is 5.03. The molecular formula is C14H19NO2. The first-order valence-corrected chi connectivity index (χ1v) is 6.32. The molecule has 0 amide bonds. The van der Waals surface area contributed by atoms with Gasteiger partial charge in [0.2, 0.25) is 5.88 Å². The van der Waals surface area contributed by atoms with Crippen molar-refractivity contribution in [1.29, 1.82) is 0 Å². The number of rotatable bonds is 4. The van der Waals surface area contributed by atoms with Gasteiger partial charge in [-0.05, 0) is 17.9 Å². The number of methoxy groups -OCH3 is 1. The molecule has 2 rings (SSSR count). The zero-order valence-corrected chi connectivity index (χ0v) is 10.3. The fourth-order valence-corrected chi connectivity index (χ4v) is 2.58. The van der Waals surface area contributed by atoms with Crippen molar-refractivity contribution < 1.29 is 9.53 Å². The van der Waals surface area contributed by atoms with Gasteiger partial charge < -0.3 is 4.74 Å². The van der Waals surface area contributed by atoms with E-state index in [1.54, 1.807) is 7.11 Å². The van der Waals surface area contributed by atoms with Crippen LogP contribution in [0, 0.1) is 5.92 Å². The Hall–Kier alpha value is -1.38. The standard InChI is InChI=1S/C14H19NO2/c1-17-14-8-7-12(13(10-16)15-14)9-11-5-3-2-4-6-11/h7-8,10-11H,2-6,9H2,1H3. The minimum Gasteiger partial charge on any atom is -0.481 e. The van der Waals surface area contributed by atoms with Gasteiger partial charge in [0.15, 0.2) is 6.29 Å². The van der Waals surface area contributed by atoms with Crippen LogP contribution in [-0.4, -0.2) is 18.4 Å². The first kappa shape index (κ1) is 12.1. The quantitative estimate of drug-likeness (QED) is 0.750. The molecule has 1 aliphatic rings. The Balaban J connectivity index is 2.11. The lowest BCUT2D eigenvalue weighted by atomic mass is 9.84. The van der Waals surface area contributed by atoms with Gasteiger partial charge in [0.1, 0.15) is 5.69 Å². The van der Waals surface area contributed by atoms with Crippen LogP contribution in [0.25, 0.3) is 0 Å². The lowest BCUT2D eigenvalue weighted by Gasteiger charge is -2.21. The number of aldehydes is 1. The van der Waals surface area contributed by atoms with Gasteiger partial charge in [-0.1, -0.05) is 38.2 Å². The molecule has 17 heavy (non-hydrogen) atoms. The molecule has 1 fully saturated rings. The SMILES string of the molecule is COc1ccc(CC2CCCCC2)c(C=O)n1. The fourth-order valence-electron chi connectivity index (χ4n) is 2.58. The Kier molecular flexibility index (Phi) is 4.13. The summed E-state index contributed by atoms with van der Waals surface area (Å²) in [6.07, 6.45) is 8.38. The second-order valence-corrected chi connectivity index (χ2v) is 4.72. The molecule has 3 heteroatoms. The van der Waals surface area contributed by atoms with Crippen LogP contribution in [0.2, 0.25) is 0 Å². The highest BCUT2D eigenvalue weighted by atomic mass is 16.5. The van der Waals surface area contributed by atoms with Crippen molar-refractivity contribution in [2.24, 2.45) is 5.92 Å². The van der Waals surface area contributed by atoms with E-state index in [9.17, 15) is 4.79 Å². The molecule has 0 radical (unpaired) electrons. The third-order valence-electron chi connectivity index (χ3n) is 3.54. The summed E-state index contributed by atoms with van der Waals surface area (Å²) in [4.78, 5) is 15.2. The van der Waals surface area contributed by atoms with E-state index in [1.807, 2.05) is 12.1 Å². The van der Waals surface area contributed by atoms with Crippen LogP contribution < -0.4 is 4.74 Å². The zero-order chi connectivity index (χ0) is 12.1. The van der Waals surface area contributed by atoms with Crippen molar-refractivity contribution in [2.45, 2.75) is 38.5 Å².